The average molecular weight is 424 g/mol. The van der Waals surface area contributed by atoms with Gasteiger partial charge >= 0.3 is 0 Å². The van der Waals surface area contributed by atoms with Gasteiger partial charge in [0.2, 0.25) is 0 Å². The van der Waals surface area contributed by atoms with Crippen LogP contribution in [0.2, 0.25) is 0 Å². The molecule has 0 saturated carbocycles. The highest BCUT2D eigenvalue weighted by atomic mass is 16.3. The Bertz CT molecular complexity index is 1360. The maximum atomic E-state index is 12.1. The molecule has 3 heterocycles. The molecule has 0 fully saturated rings. The lowest BCUT2D eigenvalue weighted by molar-refractivity contribution is 0.102. The lowest BCUT2D eigenvalue weighted by Gasteiger charge is -2.06. The van der Waals surface area contributed by atoms with Crippen molar-refractivity contribution in [3.8, 4) is 5.88 Å². The van der Waals surface area contributed by atoms with Gasteiger partial charge in [-0.1, -0.05) is 24.3 Å². The zero-order chi connectivity index (χ0) is 21.9. The molecule has 2 aromatic carbocycles. The highest BCUT2D eigenvalue weighted by Crippen LogP contribution is 2.27. The van der Waals surface area contributed by atoms with Crippen LogP contribution in [0.5, 0.6) is 5.88 Å². The van der Waals surface area contributed by atoms with Crippen molar-refractivity contribution < 1.29 is 9.90 Å². The van der Waals surface area contributed by atoms with E-state index in [0.29, 0.717) is 35.6 Å². The van der Waals surface area contributed by atoms with Gasteiger partial charge in [0.15, 0.2) is 5.88 Å². The lowest BCUT2D eigenvalue weighted by atomic mass is 10.0. The van der Waals surface area contributed by atoms with Crippen LogP contribution in [0.1, 0.15) is 27.0 Å². The van der Waals surface area contributed by atoms with E-state index in [-0.39, 0.29) is 11.8 Å². The number of aromatic nitrogens is 3. The fraction of sp³-hybridized carbons (Fsp3) is 0.0833. The van der Waals surface area contributed by atoms with Gasteiger partial charge in [-0.3, -0.25) is 14.9 Å². The van der Waals surface area contributed by atoms with E-state index in [0.717, 1.165) is 22.0 Å². The first-order valence-electron chi connectivity index (χ1n) is 10.1. The van der Waals surface area contributed by atoms with Crippen LogP contribution >= 0.6 is 0 Å². The molecule has 8 heteroatoms. The molecular formula is C24H20N6O2. The molecule has 0 aliphatic carbocycles. The molecule has 4 aromatic rings. The highest BCUT2D eigenvalue weighted by molar-refractivity contribution is 6.08. The van der Waals surface area contributed by atoms with Crippen molar-refractivity contribution in [1.82, 2.24) is 15.2 Å². The third-order valence-electron chi connectivity index (χ3n) is 5.21. The Hall–Kier alpha value is -4.46. The molecule has 0 spiro atoms. The van der Waals surface area contributed by atoms with Crippen LogP contribution in [-0.2, 0) is 6.42 Å². The number of amidine groups is 1. The van der Waals surface area contributed by atoms with Crippen molar-refractivity contribution in [2.75, 3.05) is 11.9 Å². The summed E-state index contributed by atoms with van der Waals surface area (Å²) in [5.41, 5.74) is 4.88. The zero-order valence-corrected chi connectivity index (χ0v) is 17.0. The number of carbonyl (C=O) groups excluding carboxylic acids is 1. The Morgan fingerprint density at radius 3 is 2.78 bits per heavy atom. The molecule has 0 atom stereocenters. The number of nitrogens with zero attached hydrogens (tertiary/aromatic N) is 3. The molecule has 1 amide bonds. The van der Waals surface area contributed by atoms with Gasteiger partial charge in [0.05, 0.1) is 23.9 Å². The number of aromatic hydroxyl groups is 1. The summed E-state index contributed by atoms with van der Waals surface area (Å²) in [4.78, 5) is 23.7. The molecule has 1 aliphatic heterocycles. The number of aromatic amines is 2. The van der Waals surface area contributed by atoms with Crippen molar-refractivity contribution in [3.63, 3.8) is 0 Å². The van der Waals surface area contributed by atoms with Crippen molar-refractivity contribution in [3.05, 3.63) is 89.3 Å². The molecule has 0 bridgehead atoms. The summed E-state index contributed by atoms with van der Waals surface area (Å²) in [6.45, 7) is 0.641. The molecule has 158 valence electrons. The Morgan fingerprint density at radius 1 is 1.19 bits per heavy atom. The normalized spacial score (nSPS) is 13.2. The fourth-order valence-corrected chi connectivity index (χ4v) is 3.58. The van der Waals surface area contributed by atoms with E-state index in [2.05, 4.69) is 30.5 Å². The summed E-state index contributed by atoms with van der Waals surface area (Å²) in [6.07, 6.45) is 9.18. The van der Waals surface area contributed by atoms with E-state index in [1.807, 2.05) is 54.6 Å². The second-order valence-electron chi connectivity index (χ2n) is 7.44. The number of nitrogens with one attached hydrogen (secondary N) is 3. The van der Waals surface area contributed by atoms with Crippen molar-refractivity contribution in [2.24, 2.45) is 9.98 Å². The Kier molecular flexibility index (Phi) is 5.09. The smallest absolute Gasteiger partial charge is 0.258 e. The van der Waals surface area contributed by atoms with Gasteiger partial charge in [-0.05, 0) is 47.9 Å². The first kappa shape index (κ1) is 19.5. The Morgan fingerprint density at radius 2 is 2.03 bits per heavy atom. The molecule has 5 rings (SSSR count). The topological polar surface area (TPSA) is 119 Å². The van der Waals surface area contributed by atoms with Crippen LogP contribution in [-0.4, -0.2) is 44.8 Å². The minimum Gasteiger partial charge on any atom is -0.494 e. The number of hydrogen-bond donors (Lipinski definition) is 4. The van der Waals surface area contributed by atoms with Gasteiger partial charge in [0.25, 0.3) is 5.91 Å². The number of aliphatic imine (C=N–C) groups is 2. The Balaban J connectivity index is 1.33. The van der Waals surface area contributed by atoms with E-state index >= 15 is 0 Å². The van der Waals surface area contributed by atoms with Crippen LogP contribution in [0, 0.1) is 0 Å². The van der Waals surface area contributed by atoms with E-state index in [1.165, 1.54) is 6.20 Å². The van der Waals surface area contributed by atoms with Crippen molar-refractivity contribution in [1.29, 1.82) is 0 Å². The van der Waals surface area contributed by atoms with Crippen LogP contribution in [0.25, 0.3) is 10.9 Å². The number of benzene rings is 2. The fourth-order valence-electron chi connectivity index (χ4n) is 3.58. The summed E-state index contributed by atoms with van der Waals surface area (Å²) >= 11 is 0. The molecule has 0 saturated heterocycles. The maximum absolute atomic E-state index is 12.1. The SMILES string of the molecule is O=C(Nc1ccc(Cc2ccc3[nH]c(O)c(C=NC4=NCC=C4)c3c2)cc1)c1cn[nH]c1. The van der Waals surface area contributed by atoms with Gasteiger partial charge in [0.1, 0.15) is 5.84 Å². The monoisotopic (exact) mass is 424 g/mol. The molecule has 32 heavy (non-hydrogen) atoms. The number of amides is 1. The van der Waals surface area contributed by atoms with E-state index in [4.69, 9.17) is 0 Å². The molecule has 4 N–H and O–H groups in total. The summed E-state index contributed by atoms with van der Waals surface area (Å²) in [5.74, 6) is 0.522. The van der Waals surface area contributed by atoms with Gasteiger partial charge in [-0.15, -0.1) is 0 Å². The predicted molar refractivity (Wildman–Crippen MR) is 125 cm³/mol. The summed E-state index contributed by atoms with van der Waals surface area (Å²) in [5, 5.41) is 20.5. The van der Waals surface area contributed by atoms with Crippen molar-refractivity contribution in [2.45, 2.75) is 6.42 Å². The number of rotatable bonds is 5. The number of H-pyrrole nitrogens is 2. The second-order valence-corrected chi connectivity index (χ2v) is 7.44. The van der Waals surface area contributed by atoms with Gasteiger partial charge < -0.3 is 15.4 Å². The van der Waals surface area contributed by atoms with Crippen LogP contribution in [0.3, 0.4) is 0 Å². The van der Waals surface area contributed by atoms with E-state index < -0.39 is 0 Å². The maximum Gasteiger partial charge on any atom is 0.258 e. The molecule has 2 aromatic heterocycles. The lowest BCUT2D eigenvalue weighted by Crippen LogP contribution is -2.10. The number of anilines is 1. The zero-order valence-electron chi connectivity index (χ0n) is 17.0. The third-order valence-corrected chi connectivity index (χ3v) is 5.21. The first-order chi connectivity index (χ1) is 15.7. The first-order valence-corrected chi connectivity index (χ1v) is 10.1. The molecule has 1 aliphatic rings. The van der Waals surface area contributed by atoms with Crippen molar-refractivity contribution >= 4 is 34.5 Å². The molecule has 0 unspecified atom stereocenters. The second kappa shape index (κ2) is 8.35. The number of fused-ring (bicyclic) bond motifs is 1. The Labute approximate surface area is 183 Å². The number of hydrogen-bond acceptors (Lipinski definition) is 5. The van der Waals surface area contributed by atoms with Crippen LogP contribution < -0.4 is 5.32 Å². The summed E-state index contributed by atoms with van der Waals surface area (Å²) < 4.78 is 0. The average Bonchev–Trinajstić information content (AvgIpc) is 3.55. The summed E-state index contributed by atoms with van der Waals surface area (Å²) in [7, 11) is 0. The predicted octanol–water partition coefficient (Wildman–Crippen LogP) is 3.83. The highest BCUT2D eigenvalue weighted by Gasteiger charge is 2.11. The number of carbonyl (C=O) groups is 1. The third kappa shape index (κ3) is 4.06. The minimum atomic E-state index is -0.211. The molecule has 8 nitrogen and oxygen atoms in total. The van der Waals surface area contributed by atoms with Crippen LogP contribution in [0.15, 0.2) is 77.0 Å². The molecule has 0 radical (unpaired) electrons. The largest absolute Gasteiger partial charge is 0.494 e. The summed E-state index contributed by atoms with van der Waals surface area (Å²) in [6, 6.07) is 13.7. The minimum absolute atomic E-state index is 0.0844. The van der Waals surface area contributed by atoms with Gasteiger partial charge in [0, 0.05) is 29.0 Å². The van der Waals surface area contributed by atoms with Gasteiger partial charge in [-0.2, -0.15) is 5.10 Å². The van der Waals surface area contributed by atoms with Gasteiger partial charge in [-0.25, -0.2) is 4.99 Å². The van der Waals surface area contributed by atoms with Crippen LogP contribution in [0.4, 0.5) is 5.69 Å². The standard InChI is InChI=1S/C24H20N6O2/c31-23(17-12-27-28-13-17)29-18-6-3-15(4-7-18)10-16-5-8-21-19(11-16)20(24(32)30-21)14-26-22-2-1-9-25-22/h1-8,11-14,30,32H,9-10H2,(H,27,28)(H,29,31). The quantitative estimate of drug-likeness (QED) is 0.365. The molecular weight excluding hydrogens is 404 g/mol. The van der Waals surface area contributed by atoms with E-state index in [9.17, 15) is 9.90 Å². The van der Waals surface area contributed by atoms with E-state index in [1.54, 1.807) is 12.4 Å².